The summed E-state index contributed by atoms with van der Waals surface area (Å²) in [6.07, 6.45) is 18.2. The van der Waals surface area contributed by atoms with Crippen molar-refractivity contribution in [1.82, 2.24) is 0 Å². The van der Waals surface area contributed by atoms with Gasteiger partial charge in [0.1, 0.15) is 0 Å². The molecule has 2 atom stereocenters. The Morgan fingerprint density at radius 3 is 1.77 bits per heavy atom. The molecule has 0 N–H and O–H groups in total. The monoisotopic (exact) mass is 564 g/mol. The number of rotatable bonds is 4. The summed E-state index contributed by atoms with van der Waals surface area (Å²) in [6.45, 7) is 12.4. The molecule has 0 radical (unpaired) electrons. The van der Waals surface area contributed by atoms with Gasteiger partial charge in [0.2, 0.25) is 0 Å². The van der Waals surface area contributed by atoms with Gasteiger partial charge in [-0.15, -0.1) is 0 Å². The highest BCUT2D eigenvalue weighted by Gasteiger charge is 2.23. The van der Waals surface area contributed by atoms with Crippen molar-refractivity contribution in [3.05, 3.63) is 169 Å². The van der Waals surface area contributed by atoms with Gasteiger partial charge in [0, 0.05) is 11.8 Å². The number of hydrogen-bond donors (Lipinski definition) is 0. The first-order valence-electron chi connectivity index (χ1n) is 15.7. The molecule has 0 heteroatoms. The van der Waals surface area contributed by atoms with Gasteiger partial charge in [-0.05, 0) is 88.6 Å². The largest absolute Gasteiger partial charge is 0.0984 e. The van der Waals surface area contributed by atoms with E-state index in [1.54, 1.807) is 0 Å². The Hall–Kier alpha value is -5.20. The molecular formula is C44H36. The highest BCUT2D eigenvalue weighted by Crippen LogP contribution is 2.43. The van der Waals surface area contributed by atoms with Crippen LogP contribution in [0.2, 0.25) is 0 Å². The summed E-state index contributed by atoms with van der Waals surface area (Å²) in [6, 6.07) is 35.2. The Bertz CT molecular complexity index is 2230. The van der Waals surface area contributed by atoms with Crippen LogP contribution in [0.4, 0.5) is 0 Å². The average Bonchev–Trinajstić information content (AvgIpc) is 3.10. The predicted octanol–water partition coefficient (Wildman–Crippen LogP) is 12.5. The summed E-state index contributed by atoms with van der Waals surface area (Å²) >= 11 is 0. The van der Waals surface area contributed by atoms with Crippen LogP contribution in [-0.2, 0) is 0 Å². The van der Waals surface area contributed by atoms with E-state index in [0.717, 1.165) is 11.1 Å². The van der Waals surface area contributed by atoms with Crippen LogP contribution in [0.5, 0.6) is 0 Å². The minimum absolute atomic E-state index is 0.322. The van der Waals surface area contributed by atoms with Gasteiger partial charge < -0.3 is 0 Å². The van der Waals surface area contributed by atoms with Crippen molar-refractivity contribution in [3.63, 3.8) is 0 Å². The molecule has 0 fully saturated rings. The molecule has 2 aliphatic rings. The van der Waals surface area contributed by atoms with Crippen LogP contribution < -0.4 is 0 Å². The summed E-state index contributed by atoms with van der Waals surface area (Å²) < 4.78 is 0. The van der Waals surface area contributed by atoms with Crippen molar-refractivity contribution in [2.75, 3.05) is 0 Å². The minimum Gasteiger partial charge on any atom is -0.0984 e. The maximum Gasteiger partial charge on any atom is 0.00571 e. The molecule has 212 valence electrons. The van der Waals surface area contributed by atoms with Crippen molar-refractivity contribution < 1.29 is 0 Å². The van der Waals surface area contributed by atoms with Gasteiger partial charge in [-0.3, -0.25) is 0 Å². The van der Waals surface area contributed by atoms with Crippen molar-refractivity contribution in [1.29, 1.82) is 0 Å². The van der Waals surface area contributed by atoms with E-state index >= 15 is 0 Å². The molecule has 6 aromatic carbocycles. The van der Waals surface area contributed by atoms with Gasteiger partial charge in [0.15, 0.2) is 0 Å². The number of benzene rings is 6. The van der Waals surface area contributed by atoms with Crippen LogP contribution in [0.3, 0.4) is 0 Å². The Kier molecular flexibility index (Phi) is 7.20. The van der Waals surface area contributed by atoms with E-state index in [1.807, 2.05) is 26.0 Å². The lowest BCUT2D eigenvalue weighted by Gasteiger charge is -2.26. The second-order valence-electron chi connectivity index (χ2n) is 11.4. The van der Waals surface area contributed by atoms with E-state index in [4.69, 9.17) is 0 Å². The van der Waals surface area contributed by atoms with Gasteiger partial charge in [0.25, 0.3) is 0 Å². The average molecular weight is 565 g/mol. The van der Waals surface area contributed by atoms with E-state index in [2.05, 4.69) is 147 Å². The summed E-state index contributed by atoms with van der Waals surface area (Å²) in [5, 5.41) is 10.1. The molecule has 0 aromatic heterocycles. The van der Waals surface area contributed by atoms with Crippen LogP contribution in [0, 0.1) is 11.8 Å². The zero-order valence-electron chi connectivity index (χ0n) is 25.4. The summed E-state index contributed by atoms with van der Waals surface area (Å²) in [7, 11) is 0. The third-order valence-corrected chi connectivity index (χ3v) is 9.10. The standard InChI is InChI=1S/C42H30.C2H6/c1-3-34-35(4-2)41-26-40(37-14-8-10-16-39(37)42(41)38-15-9-7-13-36(34)38)33-22-21-31-24-30(19-20-32(31)25-33)29-18-17-27-11-5-6-12-28(27)23-29;1-2/h3-26,31-32H,1-2H2;1-2H3. The van der Waals surface area contributed by atoms with E-state index < -0.39 is 0 Å². The third kappa shape index (κ3) is 4.46. The minimum atomic E-state index is 0.322. The molecule has 0 bridgehead atoms. The van der Waals surface area contributed by atoms with Gasteiger partial charge in [0.05, 0.1) is 0 Å². The lowest BCUT2D eigenvalue weighted by Crippen LogP contribution is -2.13. The van der Waals surface area contributed by atoms with Crippen molar-refractivity contribution >= 4 is 66.4 Å². The van der Waals surface area contributed by atoms with E-state index in [-0.39, 0.29) is 0 Å². The molecule has 6 aromatic rings. The number of hydrogen-bond acceptors (Lipinski definition) is 0. The highest BCUT2D eigenvalue weighted by molar-refractivity contribution is 6.26. The SMILES string of the molecule is C=Cc1c(C=C)c2cc(C3=CC4C=CC(c5ccc6ccccc6c5)=CC4C=C3)c3ccccc3c2c2ccccc12.CC. The molecule has 0 amide bonds. The van der Waals surface area contributed by atoms with Gasteiger partial charge >= 0.3 is 0 Å². The molecule has 2 aliphatic carbocycles. The quantitative estimate of drug-likeness (QED) is 0.187. The molecule has 0 spiro atoms. The van der Waals surface area contributed by atoms with Crippen LogP contribution in [-0.4, -0.2) is 0 Å². The van der Waals surface area contributed by atoms with Crippen LogP contribution >= 0.6 is 0 Å². The summed E-state index contributed by atoms with van der Waals surface area (Å²) in [5.41, 5.74) is 7.38. The molecule has 0 nitrogen and oxygen atoms in total. The van der Waals surface area contributed by atoms with E-state index in [9.17, 15) is 0 Å². The van der Waals surface area contributed by atoms with Gasteiger partial charge in [-0.1, -0.05) is 161 Å². The van der Waals surface area contributed by atoms with Crippen LogP contribution in [0.25, 0.3) is 66.4 Å². The molecule has 8 rings (SSSR count). The Balaban J connectivity index is 0.00000153. The predicted molar refractivity (Wildman–Crippen MR) is 196 cm³/mol. The normalized spacial score (nSPS) is 17.1. The van der Waals surface area contributed by atoms with Crippen molar-refractivity contribution in [2.24, 2.45) is 11.8 Å². The first-order valence-corrected chi connectivity index (χ1v) is 15.7. The fourth-order valence-electron chi connectivity index (χ4n) is 7.07. The fraction of sp³-hybridized carbons (Fsp3) is 0.0909. The van der Waals surface area contributed by atoms with Crippen LogP contribution in [0.1, 0.15) is 36.1 Å². The maximum atomic E-state index is 4.23. The smallest absolute Gasteiger partial charge is 0.00571 e. The van der Waals surface area contributed by atoms with Crippen molar-refractivity contribution in [3.8, 4) is 0 Å². The maximum absolute atomic E-state index is 4.23. The Morgan fingerprint density at radius 1 is 0.523 bits per heavy atom. The first kappa shape index (κ1) is 27.6. The second-order valence-corrected chi connectivity index (χ2v) is 11.4. The van der Waals surface area contributed by atoms with E-state index in [0.29, 0.717) is 11.8 Å². The molecule has 0 heterocycles. The summed E-state index contributed by atoms with van der Waals surface area (Å²) in [4.78, 5) is 0. The lowest BCUT2D eigenvalue weighted by atomic mass is 9.78. The molecule has 44 heavy (non-hydrogen) atoms. The zero-order valence-corrected chi connectivity index (χ0v) is 25.4. The van der Waals surface area contributed by atoms with E-state index in [1.165, 1.54) is 65.4 Å². The Labute approximate surface area is 260 Å². The lowest BCUT2D eigenvalue weighted by molar-refractivity contribution is 0.665. The third-order valence-electron chi connectivity index (χ3n) is 9.10. The van der Waals surface area contributed by atoms with Crippen LogP contribution in [0.15, 0.2) is 147 Å². The molecular weight excluding hydrogens is 528 g/mol. The molecule has 0 saturated heterocycles. The number of allylic oxidation sites excluding steroid dienone is 8. The Morgan fingerprint density at radius 2 is 1.07 bits per heavy atom. The highest BCUT2D eigenvalue weighted by atomic mass is 14.3. The first-order chi connectivity index (χ1) is 21.7. The van der Waals surface area contributed by atoms with Crippen molar-refractivity contribution in [2.45, 2.75) is 13.8 Å². The topological polar surface area (TPSA) is 0 Å². The molecule has 0 aliphatic heterocycles. The van der Waals surface area contributed by atoms with Gasteiger partial charge in [-0.2, -0.15) is 0 Å². The molecule has 0 saturated carbocycles. The fourth-order valence-corrected chi connectivity index (χ4v) is 7.07. The number of fused-ring (bicyclic) bond motifs is 7. The summed E-state index contributed by atoms with van der Waals surface area (Å²) in [5.74, 6) is 0.662. The molecule has 2 unspecified atom stereocenters. The zero-order chi connectivity index (χ0) is 30.2. The van der Waals surface area contributed by atoms with Gasteiger partial charge in [-0.25, -0.2) is 0 Å². The second kappa shape index (κ2) is 11.5.